The zero-order valence-electron chi connectivity index (χ0n) is 10.2. The third-order valence-electron chi connectivity index (χ3n) is 3.53. The summed E-state index contributed by atoms with van der Waals surface area (Å²) in [5.41, 5.74) is 0. The van der Waals surface area contributed by atoms with Gasteiger partial charge in [0.2, 0.25) is 11.8 Å². The highest BCUT2D eigenvalue weighted by atomic mass is 16.2. The van der Waals surface area contributed by atoms with Crippen LogP contribution < -0.4 is 10.6 Å². The van der Waals surface area contributed by atoms with E-state index in [1.807, 2.05) is 4.90 Å². The molecule has 5 nitrogen and oxygen atoms in total. The van der Waals surface area contributed by atoms with Crippen molar-refractivity contribution in [1.29, 1.82) is 0 Å². The molecule has 2 fully saturated rings. The molecule has 96 valence electrons. The van der Waals surface area contributed by atoms with Gasteiger partial charge < -0.3 is 15.5 Å². The van der Waals surface area contributed by atoms with E-state index < -0.39 is 0 Å². The lowest BCUT2D eigenvalue weighted by molar-refractivity contribution is -0.132. The summed E-state index contributed by atoms with van der Waals surface area (Å²) in [6.07, 6.45) is 3.79. The lowest BCUT2D eigenvalue weighted by Gasteiger charge is -2.16. The van der Waals surface area contributed by atoms with Crippen LogP contribution in [-0.4, -0.2) is 49.4 Å². The van der Waals surface area contributed by atoms with Crippen LogP contribution in [0, 0.1) is 5.92 Å². The molecule has 2 N–H and O–H groups in total. The van der Waals surface area contributed by atoms with Crippen molar-refractivity contribution in [2.24, 2.45) is 5.92 Å². The first kappa shape index (κ1) is 12.4. The summed E-state index contributed by atoms with van der Waals surface area (Å²) in [6.45, 7) is 3.79. The fraction of sp³-hybridized carbons (Fsp3) is 0.833. The number of hydrogen-bond acceptors (Lipinski definition) is 3. The van der Waals surface area contributed by atoms with Crippen LogP contribution in [0.1, 0.15) is 25.7 Å². The molecule has 2 aliphatic heterocycles. The van der Waals surface area contributed by atoms with Crippen LogP contribution in [-0.2, 0) is 9.59 Å². The van der Waals surface area contributed by atoms with Crippen LogP contribution in [0.2, 0.25) is 0 Å². The Morgan fingerprint density at radius 2 is 2.06 bits per heavy atom. The maximum absolute atomic E-state index is 11.7. The zero-order chi connectivity index (χ0) is 12.1. The number of carbonyl (C=O) groups is 2. The number of likely N-dealkylation sites (tertiary alicyclic amines) is 1. The number of amides is 2. The van der Waals surface area contributed by atoms with Crippen molar-refractivity contribution in [1.82, 2.24) is 15.5 Å². The van der Waals surface area contributed by atoms with E-state index in [2.05, 4.69) is 10.6 Å². The molecule has 0 aromatic heterocycles. The molecule has 0 radical (unpaired) electrons. The Labute approximate surface area is 102 Å². The number of carbonyl (C=O) groups excluding carboxylic acids is 2. The molecule has 2 rings (SSSR count). The maximum atomic E-state index is 11.7. The summed E-state index contributed by atoms with van der Waals surface area (Å²) in [5.74, 6) is 0.503. The van der Waals surface area contributed by atoms with Gasteiger partial charge in [-0.1, -0.05) is 0 Å². The molecule has 2 heterocycles. The molecule has 2 aliphatic rings. The van der Waals surface area contributed by atoms with E-state index in [0.717, 1.165) is 45.4 Å². The van der Waals surface area contributed by atoms with Crippen LogP contribution in [0.25, 0.3) is 0 Å². The van der Waals surface area contributed by atoms with E-state index >= 15 is 0 Å². The largest absolute Gasteiger partial charge is 0.347 e. The first-order valence-corrected chi connectivity index (χ1v) is 6.51. The highest BCUT2D eigenvalue weighted by molar-refractivity contribution is 5.84. The van der Waals surface area contributed by atoms with Crippen LogP contribution in [0.4, 0.5) is 0 Å². The van der Waals surface area contributed by atoms with Crippen LogP contribution in [0.15, 0.2) is 0 Å². The molecule has 2 amide bonds. The molecule has 2 saturated heterocycles. The van der Waals surface area contributed by atoms with Crippen molar-refractivity contribution >= 4 is 11.8 Å². The van der Waals surface area contributed by atoms with Gasteiger partial charge in [-0.2, -0.15) is 0 Å². The minimum atomic E-state index is 0.00578. The van der Waals surface area contributed by atoms with Gasteiger partial charge in [0.1, 0.15) is 0 Å². The fourth-order valence-corrected chi connectivity index (χ4v) is 2.48. The molecule has 0 aromatic rings. The number of nitrogens with zero attached hydrogens (tertiary/aromatic N) is 1. The van der Waals surface area contributed by atoms with Gasteiger partial charge in [-0.25, -0.2) is 0 Å². The molecule has 0 spiro atoms. The summed E-state index contributed by atoms with van der Waals surface area (Å²) < 4.78 is 0. The third kappa shape index (κ3) is 3.70. The quantitative estimate of drug-likeness (QED) is 0.709. The molecule has 17 heavy (non-hydrogen) atoms. The van der Waals surface area contributed by atoms with E-state index in [-0.39, 0.29) is 18.4 Å². The van der Waals surface area contributed by atoms with Crippen LogP contribution in [0.5, 0.6) is 0 Å². The number of rotatable bonds is 4. The summed E-state index contributed by atoms with van der Waals surface area (Å²) in [6, 6.07) is 0. The molecule has 0 aliphatic carbocycles. The molecule has 1 unspecified atom stereocenters. The number of hydrogen-bond donors (Lipinski definition) is 2. The molecular weight excluding hydrogens is 218 g/mol. The van der Waals surface area contributed by atoms with E-state index in [1.54, 1.807) is 0 Å². The van der Waals surface area contributed by atoms with Crippen molar-refractivity contribution in [3.63, 3.8) is 0 Å². The summed E-state index contributed by atoms with van der Waals surface area (Å²) in [7, 11) is 0. The average Bonchev–Trinajstić information content (AvgIpc) is 2.97. The predicted octanol–water partition coefficient (Wildman–Crippen LogP) is -0.275. The summed E-state index contributed by atoms with van der Waals surface area (Å²) in [4.78, 5) is 25.1. The van der Waals surface area contributed by atoms with Gasteiger partial charge in [-0.3, -0.25) is 9.59 Å². The minimum absolute atomic E-state index is 0.00578. The molecule has 1 atom stereocenters. The van der Waals surface area contributed by atoms with Gasteiger partial charge in [0.05, 0.1) is 6.54 Å². The first-order chi connectivity index (χ1) is 8.25. The van der Waals surface area contributed by atoms with Gasteiger partial charge in [0.25, 0.3) is 0 Å². The fourth-order valence-electron chi connectivity index (χ4n) is 2.48. The van der Waals surface area contributed by atoms with Crippen molar-refractivity contribution in [3.8, 4) is 0 Å². The van der Waals surface area contributed by atoms with Gasteiger partial charge in [0, 0.05) is 19.5 Å². The lowest BCUT2D eigenvalue weighted by atomic mass is 10.0. The van der Waals surface area contributed by atoms with Gasteiger partial charge in [-0.05, 0) is 38.3 Å². The smallest absolute Gasteiger partial charge is 0.241 e. The Hall–Kier alpha value is -1.10. The molecule has 0 bridgehead atoms. The second kappa shape index (κ2) is 6.00. The highest BCUT2D eigenvalue weighted by Gasteiger charge is 2.20. The Bertz CT molecular complexity index is 281. The highest BCUT2D eigenvalue weighted by Crippen LogP contribution is 2.11. The van der Waals surface area contributed by atoms with Crippen LogP contribution in [0.3, 0.4) is 0 Å². The minimum Gasteiger partial charge on any atom is -0.347 e. The maximum Gasteiger partial charge on any atom is 0.241 e. The van der Waals surface area contributed by atoms with E-state index in [0.29, 0.717) is 12.3 Å². The monoisotopic (exact) mass is 239 g/mol. The average molecular weight is 239 g/mol. The van der Waals surface area contributed by atoms with Gasteiger partial charge in [-0.15, -0.1) is 0 Å². The third-order valence-corrected chi connectivity index (χ3v) is 3.53. The van der Waals surface area contributed by atoms with Crippen molar-refractivity contribution in [2.75, 3.05) is 32.7 Å². The van der Waals surface area contributed by atoms with E-state index in [1.165, 1.54) is 0 Å². The van der Waals surface area contributed by atoms with Gasteiger partial charge in [0.15, 0.2) is 0 Å². The van der Waals surface area contributed by atoms with Crippen molar-refractivity contribution in [3.05, 3.63) is 0 Å². The van der Waals surface area contributed by atoms with Crippen molar-refractivity contribution in [2.45, 2.75) is 25.7 Å². The Morgan fingerprint density at radius 1 is 1.29 bits per heavy atom. The summed E-state index contributed by atoms with van der Waals surface area (Å²) in [5, 5.41) is 5.96. The Kier molecular flexibility index (Phi) is 4.36. The van der Waals surface area contributed by atoms with Gasteiger partial charge >= 0.3 is 0 Å². The van der Waals surface area contributed by atoms with E-state index in [9.17, 15) is 9.59 Å². The van der Waals surface area contributed by atoms with Crippen LogP contribution >= 0.6 is 0 Å². The topological polar surface area (TPSA) is 61.4 Å². The SMILES string of the molecule is O=C(CC1CCNC1)NCC(=O)N1CCCC1. The second-order valence-corrected chi connectivity index (χ2v) is 4.93. The molecule has 0 saturated carbocycles. The molecule has 0 aromatic carbocycles. The lowest BCUT2D eigenvalue weighted by Crippen LogP contribution is -2.39. The number of nitrogens with one attached hydrogen (secondary N) is 2. The van der Waals surface area contributed by atoms with Crippen molar-refractivity contribution < 1.29 is 9.59 Å². The second-order valence-electron chi connectivity index (χ2n) is 4.93. The van der Waals surface area contributed by atoms with E-state index in [4.69, 9.17) is 0 Å². The Morgan fingerprint density at radius 3 is 2.71 bits per heavy atom. The summed E-state index contributed by atoms with van der Waals surface area (Å²) >= 11 is 0. The normalized spacial score (nSPS) is 24.0. The Balaban J connectivity index is 1.63. The standard InChI is InChI=1S/C12H21N3O2/c16-11(7-10-3-4-13-8-10)14-9-12(17)15-5-1-2-6-15/h10,13H,1-9H2,(H,14,16). The first-order valence-electron chi connectivity index (χ1n) is 6.51. The molecular formula is C12H21N3O2. The molecule has 5 heteroatoms. The predicted molar refractivity (Wildman–Crippen MR) is 64.4 cm³/mol. The zero-order valence-corrected chi connectivity index (χ0v) is 10.2.